The first kappa shape index (κ1) is 63.5. The number of aryl methyl sites for hydroxylation is 1. The van der Waals surface area contributed by atoms with Crippen LogP contribution in [-0.4, -0.2) is 154 Å². The quantitative estimate of drug-likeness (QED) is 0.0101. The number of carboxylic acid groups (broad SMARTS) is 1. The van der Waals surface area contributed by atoms with Crippen LogP contribution in [0.25, 0.3) is 32.7 Å². The first-order valence-electron chi connectivity index (χ1n) is 28.1. The van der Waals surface area contributed by atoms with Crippen molar-refractivity contribution in [3.8, 4) is 11.4 Å². The lowest BCUT2D eigenvalue weighted by Crippen LogP contribution is -2.54. The molecule has 4 heterocycles. The first-order valence-corrected chi connectivity index (χ1v) is 28.1. The number of azide groups is 1. The molecule has 2 aromatic carbocycles. The largest absolute Gasteiger partial charge is 0.465 e. The Kier molecular flexibility index (Phi) is 23.3. The summed E-state index contributed by atoms with van der Waals surface area (Å²) < 4.78 is 55.0. The number of benzene rings is 2. The van der Waals surface area contributed by atoms with Gasteiger partial charge < -0.3 is 69.6 Å². The number of rotatable bonds is 34. The van der Waals surface area contributed by atoms with Crippen LogP contribution in [0.5, 0.6) is 0 Å². The van der Waals surface area contributed by atoms with Crippen molar-refractivity contribution in [3.63, 3.8) is 0 Å². The Morgan fingerprint density at radius 3 is 2.12 bits per heavy atom. The van der Waals surface area contributed by atoms with Crippen molar-refractivity contribution < 1.29 is 71.7 Å². The number of hydrogen-bond acceptors (Lipinski definition) is 17. The van der Waals surface area contributed by atoms with Crippen molar-refractivity contribution in [1.29, 1.82) is 0 Å². The second-order valence-electron chi connectivity index (χ2n) is 20.6. The number of cyclic esters (lactones) is 1. The van der Waals surface area contributed by atoms with Gasteiger partial charge in [0.1, 0.15) is 24.5 Å². The van der Waals surface area contributed by atoms with Crippen molar-refractivity contribution in [1.82, 2.24) is 20.2 Å². The van der Waals surface area contributed by atoms with E-state index in [1.165, 1.54) is 15.5 Å². The van der Waals surface area contributed by atoms with E-state index in [-0.39, 0.29) is 93.4 Å². The molecule has 0 fully saturated rings. The zero-order valence-electron chi connectivity index (χ0n) is 47.4. The highest BCUT2D eigenvalue weighted by Gasteiger charge is 2.46. The summed E-state index contributed by atoms with van der Waals surface area (Å²) in [5, 5.41) is 34.9. The predicted molar refractivity (Wildman–Crippen MR) is 301 cm³/mol. The number of nitrogens with zero attached hydrogens (tertiary/aromatic N) is 6. The maximum absolute atomic E-state index is 15.6. The molecule has 25 nitrogen and oxygen atoms in total. The molecule has 7 N–H and O–H groups in total. The summed E-state index contributed by atoms with van der Waals surface area (Å²) in [4.78, 5) is 90.2. The molecule has 450 valence electrons. The van der Waals surface area contributed by atoms with Crippen LogP contribution in [0.4, 0.5) is 20.6 Å². The molecule has 0 radical (unpaired) electrons. The number of amides is 4. The monoisotopic (exact) mass is 1160 g/mol. The molecule has 0 bridgehead atoms. The lowest BCUT2D eigenvalue weighted by atomic mass is 9.81. The third kappa shape index (κ3) is 15.6. The Morgan fingerprint density at radius 2 is 1.53 bits per heavy atom. The number of nitrogens with one attached hydrogen (secondary N) is 3. The van der Waals surface area contributed by atoms with Crippen LogP contribution < -0.4 is 32.1 Å². The number of fused-ring (bicyclic) bond motifs is 5. The zero-order valence-corrected chi connectivity index (χ0v) is 47.4. The molecule has 3 aliphatic rings. The van der Waals surface area contributed by atoms with Gasteiger partial charge in [-0.15, -0.1) is 0 Å². The number of hydrogen-bond donors (Lipinski definition) is 6. The van der Waals surface area contributed by atoms with Crippen LogP contribution in [0.15, 0.2) is 46.3 Å². The van der Waals surface area contributed by atoms with E-state index in [2.05, 4.69) is 26.0 Å². The van der Waals surface area contributed by atoms with Crippen LogP contribution in [0, 0.1) is 18.7 Å². The minimum atomic E-state index is -2.09. The molecule has 1 aliphatic carbocycles. The number of aliphatic hydroxyl groups is 1. The van der Waals surface area contributed by atoms with Gasteiger partial charge in [-0.25, -0.2) is 19.0 Å². The van der Waals surface area contributed by atoms with Gasteiger partial charge in [-0.05, 0) is 110 Å². The Balaban J connectivity index is 0.926. The van der Waals surface area contributed by atoms with E-state index in [1.54, 1.807) is 58.0 Å². The van der Waals surface area contributed by atoms with Gasteiger partial charge in [-0.2, -0.15) is 0 Å². The van der Waals surface area contributed by atoms with E-state index in [9.17, 15) is 39.0 Å². The van der Waals surface area contributed by atoms with E-state index < -0.39 is 64.9 Å². The molecule has 0 saturated carbocycles. The van der Waals surface area contributed by atoms with Crippen molar-refractivity contribution in [2.45, 2.75) is 110 Å². The smallest absolute Gasteiger partial charge is 0.412 e. The normalized spacial score (nSPS) is 16.5. The van der Waals surface area contributed by atoms with Gasteiger partial charge in [-0.3, -0.25) is 24.1 Å². The van der Waals surface area contributed by atoms with Gasteiger partial charge in [0.15, 0.2) is 5.60 Å². The lowest BCUT2D eigenvalue weighted by Gasteiger charge is -2.36. The predicted octanol–water partition coefficient (Wildman–Crippen LogP) is 5.19. The number of nitrogens with two attached hydrogens (primary N) is 1. The zero-order chi connectivity index (χ0) is 59.6. The van der Waals surface area contributed by atoms with Crippen LogP contribution in [0.1, 0.15) is 98.7 Å². The summed E-state index contributed by atoms with van der Waals surface area (Å²) >= 11 is 0. The van der Waals surface area contributed by atoms with Gasteiger partial charge in [-0.1, -0.05) is 25.9 Å². The van der Waals surface area contributed by atoms with Crippen LogP contribution >= 0.6 is 0 Å². The van der Waals surface area contributed by atoms with E-state index in [0.29, 0.717) is 130 Å². The molecule has 7 rings (SSSR count). The standard InChI is InChI=1S/C57H75FN10O15/c1-5-57(76)41-30-46-51-39(32-67(46)54(72)40(41)33-83-55(57)73)49-45(14-13-38-35(4)42(58)31-44(63-51)48(38)49)68(56(74)75)37-11-9-36(10-12-37)62-52(70)43(8-6-7-16-59)64-53(71)50(34(2)3)65-47(69)15-18-77-20-22-79-24-26-81-28-29-82-27-25-80-23-21-78-19-17-61-66-60/h9-12,30-31,34,43,45,50,76H,5-8,13-29,32-33,59H2,1-4H3,(H,62,70)(H,64,71)(H,65,69)(H,74,75)/t43?,45-,50?,57-/m0/s1. The van der Waals surface area contributed by atoms with Gasteiger partial charge >= 0.3 is 12.1 Å². The average molecular weight is 1160 g/mol. The minimum absolute atomic E-state index is 0.0170. The number of anilines is 2. The molecule has 0 saturated heterocycles. The number of carbonyl (C=O) groups excluding carboxylic acids is 4. The Labute approximate surface area is 479 Å². The molecule has 4 aromatic rings. The summed E-state index contributed by atoms with van der Waals surface area (Å²) in [6.45, 7) is 11.1. The maximum atomic E-state index is 15.6. The second-order valence-corrected chi connectivity index (χ2v) is 20.6. The number of ether oxygens (including phenoxy) is 7. The van der Waals surface area contributed by atoms with E-state index >= 15 is 4.39 Å². The Bertz CT molecular complexity index is 3060. The minimum Gasteiger partial charge on any atom is -0.465 e. The van der Waals surface area contributed by atoms with E-state index in [4.69, 9.17) is 49.4 Å². The number of pyridine rings is 2. The third-order valence-corrected chi connectivity index (χ3v) is 14.9. The van der Waals surface area contributed by atoms with E-state index in [0.717, 1.165) is 0 Å². The number of halogens is 1. The Morgan fingerprint density at radius 1 is 0.904 bits per heavy atom. The SMILES string of the molecule is CC[C@@]1(O)C(=O)OCc2c1cc1n(c2=O)Cc2c-1nc1cc(F)c(C)c3c1c2[C@@H](N(C(=O)O)c1ccc(NC(=O)C(CCCCN)NC(=O)C(NC(=O)CCOCCOCCOCCOCCOCCOCCN=[N+]=[N-])C(C)C)cc1)CC3. The third-order valence-electron chi connectivity index (χ3n) is 14.9. The number of unbranched alkanes of at least 4 members (excludes halogenated alkanes) is 1. The van der Waals surface area contributed by atoms with Crippen LogP contribution in [0.2, 0.25) is 0 Å². The fourth-order valence-electron chi connectivity index (χ4n) is 10.5. The first-order chi connectivity index (χ1) is 40.0. The Hall–Kier alpha value is -7.13. The molecule has 83 heavy (non-hydrogen) atoms. The van der Waals surface area contributed by atoms with Crippen molar-refractivity contribution in [2.75, 3.05) is 103 Å². The summed E-state index contributed by atoms with van der Waals surface area (Å²) in [7, 11) is 0. The number of aromatic nitrogens is 2. The average Bonchev–Trinajstić information content (AvgIpc) is 2.26. The molecule has 2 unspecified atom stereocenters. The summed E-state index contributed by atoms with van der Waals surface area (Å²) in [5.74, 6) is -3.27. The molecule has 4 amide bonds. The van der Waals surface area contributed by atoms with Gasteiger partial charge in [0.2, 0.25) is 17.7 Å². The fraction of sp³-hybridized carbons (Fsp3) is 0.561. The van der Waals surface area contributed by atoms with Crippen molar-refractivity contribution in [2.24, 2.45) is 16.8 Å². The number of esters is 1. The summed E-state index contributed by atoms with van der Waals surface area (Å²) in [5.41, 5.74) is 15.2. The highest BCUT2D eigenvalue weighted by atomic mass is 19.1. The lowest BCUT2D eigenvalue weighted by molar-refractivity contribution is -0.172. The summed E-state index contributed by atoms with van der Waals surface area (Å²) in [6, 6.07) is 6.15. The molecule has 2 aromatic heterocycles. The van der Waals surface area contributed by atoms with Gasteiger partial charge in [0, 0.05) is 51.8 Å². The highest BCUT2D eigenvalue weighted by molar-refractivity contribution is 5.99. The molecule has 2 aliphatic heterocycles. The summed E-state index contributed by atoms with van der Waals surface area (Å²) in [6.07, 6.45) is 0.450. The van der Waals surface area contributed by atoms with Gasteiger partial charge in [0.25, 0.3) is 5.56 Å². The van der Waals surface area contributed by atoms with Crippen molar-refractivity contribution in [3.05, 3.63) is 96.4 Å². The van der Waals surface area contributed by atoms with Crippen molar-refractivity contribution >= 4 is 52.1 Å². The maximum Gasteiger partial charge on any atom is 0.412 e. The molecule has 0 spiro atoms. The number of carbonyl (C=O) groups is 5. The van der Waals surface area contributed by atoms with Gasteiger partial charge in [0.05, 0.1) is 114 Å². The molecule has 4 atom stereocenters. The molecular formula is C57H75FN10O15. The van der Waals surface area contributed by atoms with Crippen LogP contribution in [-0.2, 0) is 77.5 Å². The highest BCUT2D eigenvalue weighted by Crippen LogP contribution is 2.48. The second kappa shape index (κ2) is 30.4. The van der Waals surface area contributed by atoms with Crippen LogP contribution in [0.3, 0.4) is 0 Å². The molecule has 26 heteroatoms. The fourth-order valence-corrected chi connectivity index (χ4v) is 10.5. The topological polar surface area (TPSA) is 339 Å². The molecular weight excluding hydrogens is 1080 g/mol. The van der Waals surface area contributed by atoms with E-state index in [1.807, 2.05) is 0 Å².